The quantitative estimate of drug-likeness (QED) is 0.489. The molecule has 0 spiro atoms. The number of allylic oxidation sites excluding steroid dienone is 4. The average molecular weight is 486 g/mol. The molecule has 5 nitrogen and oxygen atoms in total. The van der Waals surface area contributed by atoms with Gasteiger partial charge in [-0.3, -0.25) is 9.59 Å². The normalized spacial score (nSPS) is 22.1. The summed E-state index contributed by atoms with van der Waals surface area (Å²) in [6.07, 6.45) is 2.44. The third kappa shape index (κ3) is 4.57. The Morgan fingerprint density at radius 3 is 2.03 bits per heavy atom. The maximum Gasteiger partial charge on any atom is 0.162 e. The second kappa shape index (κ2) is 9.16. The molecule has 4 rings (SSSR count). The minimum atomic E-state index is -0.462. The molecule has 0 radical (unpaired) electrons. The first-order valence-electron chi connectivity index (χ1n) is 12.2. The Labute approximate surface area is 208 Å². The standard InChI is InChI=1S/C28H36ClNO4/c1-7-34-23-9-8-17(29)12-18(23)24-25-19(13-27(2,3)15-21(25)31)30(10-11-33-6)20-14-28(4,5)16-22(32)26(20)24/h8-9,12,24H,7,10-11,13-16H2,1-6H3. The van der Waals surface area contributed by atoms with Crippen LogP contribution >= 0.6 is 11.6 Å². The van der Waals surface area contributed by atoms with Crippen molar-refractivity contribution >= 4 is 23.2 Å². The summed E-state index contributed by atoms with van der Waals surface area (Å²) in [6, 6.07) is 5.52. The number of halogens is 1. The van der Waals surface area contributed by atoms with Gasteiger partial charge in [0, 0.05) is 65.5 Å². The first-order valence-corrected chi connectivity index (χ1v) is 12.6. The molecule has 1 heterocycles. The Morgan fingerprint density at radius 2 is 1.53 bits per heavy atom. The van der Waals surface area contributed by atoms with Crippen molar-refractivity contribution in [3.8, 4) is 5.75 Å². The Hall–Kier alpha value is -2.11. The number of carbonyl (C=O) groups excluding carboxylic acids is 2. The number of Topliss-reactive ketones (excluding diaryl/α,β-unsaturated/α-hetero) is 2. The molecule has 0 saturated heterocycles. The fourth-order valence-electron chi connectivity index (χ4n) is 5.84. The lowest BCUT2D eigenvalue weighted by Crippen LogP contribution is -2.45. The van der Waals surface area contributed by atoms with Gasteiger partial charge in [0.1, 0.15) is 5.75 Å². The topological polar surface area (TPSA) is 55.8 Å². The fourth-order valence-corrected chi connectivity index (χ4v) is 6.02. The molecule has 6 heteroatoms. The maximum absolute atomic E-state index is 13.8. The van der Waals surface area contributed by atoms with Gasteiger partial charge in [-0.1, -0.05) is 39.3 Å². The molecule has 0 unspecified atom stereocenters. The van der Waals surface area contributed by atoms with Crippen molar-refractivity contribution in [2.45, 2.75) is 66.2 Å². The SMILES string of the molecule is CCOc1ccc(Cl)cc1C1C2=C(CC(C)(C)CC2=O)N(CCOC)C2=C1C(=O)CC(C)(C)C2. The zero-order valence-electron chi connectivity index (χ0n) is 21.2. The molecule has 0 bridgehead atoms. The summed E-state index contributed by atoms with van der Waals surface area (Å²) >= 11 is 6.46. The van der Waals surface area contributed by atoms with Crippen molar-refractivity contribution in [3.05, 3.63) is 51.3 Å². The van der Waals surface area contributed by atoms with E-state index in [2.05, 4.69) is 32.6 Å². The highest BCUT2D eigenvalue weighted by molar-refractivity contribution is 6.30. The summed E-state index contributed by atoms with van der Waals surface area (Å²) in [6.45, 7) is 12.1. The van der Waals surface area contributed by atoms with E-state index >= 15 is 0 Å². The molecule has 0 amide bonds. The van der Waals surface area contributed by atoms with Crippen LogP contribution in [0, 0.1) is 10.8 Å². The monoisotopic (exact) mass is 485 g/mol. The second-order valence-corrected chi connectivity index (χ2v) is 11.7. The van der Waals surface area contributed by atoms with Crippen LogP contribution in [0.4, 0.5) is 0 Å². The molecule has 0 saturated carbocycles. The molecule has 0 aromatic heterocycles. The van der Waals surface area contributed by atoms with E-state index in [0.29, 0.717) is 43.4 Å². The van der Waals surface area contributed by atoms with Crippen LogP contribution < -0.4 is 4.74 Å². The molecule has 184 valence electrons. The van der Waals surface area contributed by atoms with Crippen LogP contribution in [0.15, 0.2) is 40.7 Å². The highest BCUT2D eigenvalue weighted by atomic mass is 35.5. The maximum atomic E-state index is 13.8. The Bertz CT molecular complexity index is 1030. The fraction of sp³-hybridized carbons (Fsp3) is 0.571. The van der Waals surface area contributed by atoms with Crippen LogP contribution in [0.25, 0.3) is 0 Å². The van der Waals surface area contributed by atoms with Crippen LogP contribution in [0.5, 0.6) is 5.75 Å². The van der Waals surface area contributed by atoms with Gasteiger partial charge in [0.15, 0.2) is 11.6 Å². The van der Waals surface area contributed by atoms with Crippen molar-refractivity contribution in [1.82, 2.24) is 4.90 Å². The van der Waals surface area contributed by atoms with Crippen molar-refractivity contribution in [2.75, 3.05) is 26.9 Å². The lowest BCUT2D eigenvalue weighted by Gasteiger charge is -2.49. The van der Waals surface area contributed by atoms with E-state index in [4.69, 9.17) is 21.1 Å². The number of benzene rings is 1. The first-order chi connectivity index (χ1) is 16.0. The zero-order valence-corrected chi connectivity index (χ0v) is 22.0. The van der Waals surface area contributed by atoms with Gasteiger partial charge < -0.3 is 14.4 Å². The highest BCUT2D eigenvalue weighted by Gasteiger charge is 2.49. The van der Waals surface area contributed by atoms with Crippen molar-refractivity contribution < 1.29 is 19.1 Å². The Balaban J connectivity index is 2.02. The van der Waals surface area contributed by atoms with Gasteiger partial charge in [0.25, 0.3) is 0 Å². The largest absolute Gasteiger partial charge is 0.494 e. The Morgan fingerprint density at radius 1 is 0.971 bits per heavy atom. The minimum Gasteiger partial charge on any atom is -0.494 e. The molecule has 1 aromatic carbocycles. The number of rotatable bonds is 6. The minimum absolute atomic E-state index is 0.102. The number of ether oxygens (including phenoxy) is 2. The van der Waals surface area contributed by atoms with E-state index < -0.39 is 5.92 Å². The van der Waals surface area contributed by atoms with Crippen molar-refractivity contribution in [3.63, 3.8) is 0 Å². The van der Waals surface area contributed by atoms with E-state index in [1.165, 1.54) is 0 Å². The predicted molar refractivity (Wildman–Crippen MR) is 134 cm³/mol. The van der Waals surface area contributed by atoms with Gasteiger partial charge in [0.05, 0.1) is 13.2 Å². The van der Waals surface area contributed by atoms with Gasteiger partial charge >= 0.3 is 0 Å². The highest BCUT2D eigenvalue weighted by Crippen LogP contribution is 2.55. The van der Waals surface area contributed by atoms with Gasteiger partial charge in [0.2, 0.25) is 0 Å². The van der Waals surface area contributed by atoms with Crippen LogP contribution in [-0.2, 0) is 14.3 Å². The number of hydrogen-bond donors (Lipinski definition) is 0. The van der Waals surface area contributed by atoms with Crippen LogP contribution in [-0.4, -0.2) is 43.3 Å². The van der Waals surface area contributed by atoms with Gasteiger partial charge in [-0.05, 0) is 48.8 Å². The van der Waals surface area contributed by atoms with Crippen LogP contribution in [0.1, 0.15) is 71.8 Å². The molecule has 0 N–H and O–H groups in total. The van der Waals surface area contributed by atoms with Gasteiger partial charge in [-0.15, -0.1) is 0 Å². The molecule has 0 atom stereocenters. The summed E-state index contributed by atoms with van der Waals surface area (Å²) in [5, 5.41) is 0.566. The number of carbonyl (C=O) groups is 2. The lowest BCUT2D eigenvalue weighted by atomic mass is 9.63. The van der Waals surface area contributed by atoms with E-state index in [0.717, 1.165) is 40.9 Å². The van der Waals surface area contributed by atoms with E-state index in [-0.39, 0.29) is 22.4 Å². The second-order valence-electron chi connectivity index (χ2n) is 11.3. The third-order valence-corrected chi connectivity index (χ3v) is 7.36. The van der Waals surface area contributed by atoms with Crippen molar-refractivity contribution in [2.24, 2.45) is 10.8 Å². The van der Waals surface area contributed by atoms with E-state index in [1.54, 1.807) is 13.2 Å². The molecule has 2 aliphatic carbocycles. The summed E-state index contributed by atoms with van der Waals surface area (Å²) in [5.41, 5.74) is 3.99. The molecule has 1 aromatic rings. The number of hydrogen-bond acceptors (Lipinski definition) is 5. The molecule has 34 heavy (non-hydrogen) atoms. The zero-order chi connectivity index (χ0) is 24.8. The van der Waals surface area contributed by atoms with Gasteiger partial charge in [-0.25, -0.2) is 0 Å². The summed E-state index contributed by atoms with van der Waals surface area (Å²) in [7, 11) is 1.68. The lowest BCUT2D eigenvalue weighted by molar-refractivity contribution is -0.119. The van der Waals surface area contributed by atoms with E-state index in [1.807, 2.05) is 19.1 Å². The molecule has 0 fully saturated rings. The molecule has 1 aliphatic heterocycles. The molecular formula is C28H36ClNO4. The van der Waals surface area contributed by atoms with E-state index in [9.17, 15) is 9.59 Å². The average Bonchev–Trinajstić information content (AvgIpc) is 2.71. The summed E-state index contributed by atoms with van der Waals surface area (Å²) < 4.78 is 11.4. The van der Waals surface area contributed by atoms with Crippen LogP contribution in [0.2, 0.25) is 5.02 Å². The summed E-state index contributed by atoms with van der Waals surface area (Å²) in [4.78, 5) is 29.8. The number of nitrogens with zero attached hydrogens (tertiary/aromatic N) is 1. The van der Waals surface area contributed by atoms with Gasteiger partial charge in [-0.2, -0.15) is 0 Å². The number of ketones is 2. The third-order valence-electron chi connectivity index (χ3n) is 7.12. The summed E-state index contributed by atoms with van der Waals surface area (Å²) in [5.74, 6) is 0.419. The molecular weight excluding hydrogens is 450 g/mol. The number of methoxy groups -OCH3 is 1. The Kier molecular flexibility index (Phi) is 6.73. The van der Waals surface area contributed by atoms with Crippen LogP contribution in [0.3, 0.4) is 0 Å². The smallest absolute Gasteiger partial charge is 0.162 e. The predicted octanol–water partition coefficient (Wildman–Crippen LogP) is 6.07. The first kappa shape index (κ1) is 25.0. The molecule has 3 aliphatic rings. The van der Waals surface area contributed by atoms with Crippen molar-refractivity contribution in [1.29, 1.82) is 0 Å².